The molecule has 1 amide bonds. The first kappa shape index (κ1) is 19.4. The zero-order valence-electron chi connectivity index (χ0n) is 16.0. The minimum absolute atomic E-state index is 0.0371. The average Bonchev–Trinajstić information content (AvgIpc) is 3.12. The SMILES string of the molecule is O=C(NCc1ccccc1)c1ccc2c(c1)cc(C(=O)O)n2Cc1ccccc1F. The molecule has 0 bridgehead atoms. The maximum Gasteiger partial charge on any atom is 0.352 e. The minimum Gasteiger partial charge on any atom is -0.477 e. The van der Waals surface area contributed by atoms with Gasteiger partial charge >= 0.3 is 5.97 Å². The number of hydrogen-bond acceptors (Lipinski definition) is 2. The number of carboxylic acids is 1. The van der Waals surface area contributed by atoms with E-state index >= 15 is 0 Å². The maximum atomic E-state index is 14.1. The molecule has 0 spiro atoms. The molecule has 0 saturated heterocycles. The number of aromatic nitrogens is 1. The number of nitrogens with zero attached hydrogens (tertiary/aromatic N) is 1. The number of nitrogens with one attached hydrogen (secondary N) is 1. The third-order valence-electron chi connectivity index (χ3n) is 4.96. The van der Waals surface area contributed by atoms with Crippen LogP contribution in [0.1, 0.15) is 32.0 Å². The Morgan fingerprint density at radius 3 is 2.40 bits per heavy atom. The van der Waals surface area contributed by atoms with Crippen LogP contribution in [0, 0.1) is 5.82 Å². The Kier molecular flexibility index (Phi) is 5.30. The molecule has 1 heterocycles. The highest BCUT2D eigenvalue weighted by Crippen LogP contribution is 2.24. The highest BCUT2D eigenvalue weighted by molar-refractivity contribution is 6.00. The number of halogens is 1. The molecule has 150 valence electrons. The lowest BCUT2D eigenvalue weighted by molar-refractivity contribution is 0.0686. The summed E-state index contributed by atoms with van der Waals surface area (Å²) in [5, 5.41) is 13.1. The summed E-state index contributed by atoms with van der Waals surface area (Å²) in [4.78, 5) is 24.3. The van der Waals surface area contributed by atoms with Crippen LogP contribution in [0.15, 0.2) is 78.9 Å². The number of fused-ring (bicyclic) bond motifs is 1. The number of aromatic carboxylic acids is 1. The van der Waals surface area contributed by atoms with Crippen molar-refractivity contribution in [3.63, 3.8) is 0 Å². The van der Waals surface area contributed by atoms with Gasteiger partial charge in [0.05, 0.1) is 6.54 Å². The average molecular weight is 402 g/mol. The Morgan fingerprint density at radius 1 is 0.933 bits per heavy atom. The van der Waals surface area contributed by atoms with Gasteiger partial charge in [0.15, 0.2) is 0 Å². The van der Waals surface area contributed by atoms with Crippen molar-refractivity contribution in [2.45, 2.75) is 13.1 Å². The third-order valence-corrected chi connectivity index (χ3v) is 4.96. The summed E-state index contributed by atoms with van der Waals surface area (Å²) in [6.07, 6.45) is 0. The quantitative estimate of drug-likeness (QED) is 0.500. The van der Waals surface area contributed by atoms with Gasteiger partial charge in [-0.15, -0.1) is 0 Å². The van der Waals surface area contributed by atoms with E-state index < -0.39 is 11.8 Å². The van der Waals surface area contributed by atoms with E-state index in [0.717, 1.165) is 5.56 Å². The molecule has 1 aromatic heterocycles. The van der Waals surface area contributed by atoms with Gasteiger partial charge in [-0.25, -0.2) is 9.18 Å². The molecular formula is C24H19FN2O3. The zero-order valence-corrected chi connectivity index (χ0v) is 16.0. The summed E-state index contributed by atoms with van der Waals surface area (Å²) in [6.45, 7) is 0.476. The molecule has 3 aromatic carbocycles. The molecule has 0 aliphatic rings. The van der Waals surface area contributed by atoms with Crippen molar-refractivity contribution in [1.29, 1.82) is 0 Å². The van der Waals surface area contributed by atoms with Gasteiger partial charge in [0.2, 0.25) is 0 Å². The zero-order chi connectivity index (χ0) is 21.1. The van der Waals surface area contributed by atoms with Crippen molar-refractivity contribution < 1.29 is 19.1 Å². The van der Waals surface area contributed by atoms with Crippen LogP contribution in [0.3, 0.4) is 0 Å². The van der Waals surface area contributed by atoms with Crippen LogP contribution in [0.4, 0.5) is 4.39 Å². The Bertz CT molecular complexity index is 1230. The lowest BCUT2D eigenvalue weighted by atomic mass is 10.1. The second kappa shape index (κ2) is 8.21. The fourth-order valence-electron chi connectivity index (χ4n) is 3.44. The van der Waals surface area contributed by atoms with E-state index in [9.17, 15) is 19.1 Å². The smallest absolute Gasteiger partial charge is 0.352 e. The summed E-state index contributed by atoms with van der Waals surface area (Å²) in [5.41, 5.74) is 2.46. The van der Waals surface area contributed by atoms with E-state index in [1.54, 1.807) is 41.0 Å². The topological polar surface area (TPSA) is 71.3 Å². The van der Waals surface area contributed by atoms with E-state index in [4.69, 9.17) is 0 Å². The summed E-state index contributed by atoms with van der Waals surface area (Å²) in [7, 11) is 0. The summed E-state index contributed by atoms with van der Waals surface area (Å²) < 4.78 is 15.6. The molecule has 0 fully saturated rings. The summed E-state index contributed by atoms with van der Waals surface area (Å²) >= 11 is 0. The number of carbonyl (C=O) groups excluding carboxylic acids is 1. The highest BCUT2D eigenvalue weighted by Gasteiger charge is 2.17. The molecule has 30 heavy (non-hydrogen) atoms. The van der Waals surface area contributed by atoms with Gasteiger partial charge in [-0.05, 0) is 35.9 Å². The fourth-order valence-corrected chi connectivity index (χ4v) is 3.44. The van der Waals surface area contributed by atoms with Gasteiger partial charge in [-0.2, -0.15) is 0 Å². The van der Waals surface area contributed by atoms with Crippen LogP contribution in [0.2, 0.25) is 0 Å². The number of carbonyl (C=O) groups is 2. The first-order chi connectivity index (χ1) is 14.5. The molecule has 0 radical (unpaired) electrons. The molecule has 2 N–H and O–H groups in total. The molecule has 5 nitrogen and oxygen atoms in total. The molecule has 0 aliphatic carbocycles. The molecule has 0 aliphatic heterocycles. The largest absolute Gasteiger partial charge is 0.477 e. The monoisotopic (exact) mass is 402 g/mol. The van der Waals surface area contributed by atoms with Crippen molar-refractivity contribution >= 4 is 22.8 Å². The van der Waals surface area contributed by atoms with Crippen molar-refractivity contribution in [1.82, 2.24) is 9.88 Å². The van der Waals surface area contributed by atoms with E-state index in [1.165, 1.54) is 12.1 Å². The van der Waals surface area contributed by atoms with E-state index in [0.29, 0.717) is 28.6 Å². The second-order valence-corrected chi connectivity index (χ2v) is 6.95. The standard InChI is InChI=1S/C24H19FN2O3/c25-20-9-5-4-8-18(20)15-27-21-11-10-17(12-19(21)13-22(27)24(29)30)23(28)26-14-16-6-2-1-3-7-16/h1-13H,14-15H2,(H,26,28)(H,29,30). The van der Waals surface area contributed by atoms with Crippen molar-refractivity contribution in [2.24, 2.45) is 0 Å². The van der Waals surface area contributed by atoms with Gasteiger partial charge < -0.3 is 15.0 Å². The number of rotatable bonds is 6. The number of amides is 1. The van der Waals surface area contributed by atoms with Crippen molar-refractivity contribution in [3.8, 4) is 0 Å². The lowest BCUT2D eigenvalue weighted by Gasteiger charge is -2.10. The number of hydrogen-bond donors (Lipinski definition) is 2. The Morgan fingerprint density at radius 2 is 1.67 bits per heavy atom. The van der Waals surface area contributed by atoms with Crippen LogP contribution >= 0.6 is 0 Å². The highest BCUT2D eigenvalue weighted by atomic mass is 19.1. The van der Waals surface area contributed by atoms with Gasteiger partial charge in [0.1, 0.15) is 11.5 Å². The maximum absolute atomic E-state index is 14.1. The third kappa shape index (κ3) is 3.93. The first-order valence-electron chi connectivity index (χ1n) is 9.45. The number of benzene rings is 3. The molecule has 4 rings (SSSR count). The van der Waals surface area contributed by atoms with Crippen molar-refractivity contribution in [2.75, 3.05) is 0 Å². The number of carboxylic acid groups (broad SMARTS) is 1. The second-order valence-electron chi connectivity index (χ2n) is 6.95. The van der Waals surface area contributed by atoms with Crippen LogP contribution in [0.5, 0.6) is 0 Å². The summed E-state index contributed by atoms with van der Waals surface area (Å²) in [5.74, 6) is -1.76. The molecule has 0 saturated carbocycles. The van der Waals surface area contributed by atoms with E-state index in [2.05, 4.69) is 5.32 Å². The van der Waals surface area contributed by atoms with Gasteiger partial charge in [0, 0.05) is 28.6 Å². The van der Waals surface area contributed by atoms with Crippen molar-refractivity contribution in [3.05, 3.63) is 107 Å². The first-order valence-corrected chi connectivity index (χ1v) is 9.45. The van der Waals surface area contributed by atoms with Gasteiger partial charge in [0.25, 0.3) is 5.91 Å². The minimum atomic E-state index is -1.11. The van der Waals surface area contributed by atoms with E-state index in [-0.39, 0.29) is 18.1 Å². The van der Waals surface area contributed by atoms with Crippen LogP contribution in [0.25, 0.3) is 10.9 Å². The predicted octanol–water partition coefficient (Wildman–Crippen LogP) is 4.46. The Labute approximate surface area is 172 Å². The predicted molar refractivity (Wildman–Crippen MR) is 112 cm³/mol. The van der Waals surface area contributed by atoms with Crippen LogP contribution < -0.4 is 5.32 Å². The Hall–Kier alpha value is -3.93. The van der Waals surface area contributed by atoms with Gasteiger partial charge in [-0.3, -0.25) is 4.79 Å². The molecule has 0 unspecified atom stereocenters. The molecule has 0 atom stereocenters. The Balaban J connectivity index is 1.64. The lowest BCUT2D eigenvalue weighted by Crippen LogP contribution is -2.22. The van der Waals surface area contributed by atoms with Crippen LogP contribution in [-0.2, 0) is 13.1 Å². The molecule has 6 heteroatoms. The van der Waals surface area contributed by atoms with Gasteiger partial charge in [-0.1, -0.05) is 48.5 Å². The normalized spacial score (nSPS) is 10.8. The fraction of sp³-hybridized carbons (Fsp3) is 0.0833. The molecule has 4 aromatic rings. The van der Waals surface area contributed by atoms with E-state index in [1.807, 2.05) is 30.3 Å². The molecular weight excluding hydrogens is 383 g/mol. The van der Waals surface area contributed by atoms with Crippen LogP contribution in [-0.4, -0.2) is 21.6 Å². The summed E-state index contributed by atoms with van der Waals surface area (Å²) in [6, 6.07) is 22.3.